The Morgan fingerprint density at radius 1 is 1.25 bits per heavy atom. The van der Waals surface area contributed by atoms with Crippen LogP contribution in [-0.2, 0) is 13.0 Å². The van der Waals surface area contributed by atoms with E-state index in [1.54, 1.807) is 0 Å². The van der Waals surface area contributed by atoms with Gasteiger partial charge in [-0.1, -0.05) is 31.2 Å². The van der Waals surface area contributed by atoms with E-state index in [2.05, 4.69) is 48.5 Å². The Labute approximate surface area is 98.7 Å². The second-order valence-electron chi connectivity index (χ2n) is 4.73. The molecule has 1 unspecified atom stereocenters. The summed E-state index contributed by atoms with van der Waals surface area (Å²) in [5.74, 6) is 0. The van der Waals surface area contributed by atoms with Crippen molar-refractivity contribution >= 4 is 0 Å². The van der Waals surface area contributed by atoms with Gasteiger partial charge in [-0.3, -0.25) is 4.90 Å². The fourth-order valence-electron chi connectivity index (χ4n) is 2.31. The maximum atomic E-state index is 3.42. The zero-order valence-corrected chi connectivity index (χ0v) is 10.4. The van der Waals surface area contributed by atoms with E-state index in [-0.39, 0.29) is 0 Å². The molecule has 1 aromatic carbocycles. The van der Waals surface area contributed by atoms with E-state index in [1.165, 1.54) is 24.1 Å². The number of hydrogen-bond donors (Lipinski definition) is 1. The van der Waals surface area contributed by atoms with Crippen LogP contribution in [0, 0.1) is 0 Å². The van der Waals surface area contributed by atoms with E-state index in [4.69, 9.17) is 0 Å². The van der Waals surface area contributed by atoms with Gasteiger partial charge in [0.25, 0.3) is 0 Å². The number of benzene rings is 1. The molecule has 2 rings (SSSR count). The third-order valence-corrected chi connectivity index (χ3v) is 3.52. The third-order valence-electron chi connectivity index (χ3n) is 3.52. The minimum Gasteiger partial charge on any atom is -0.315 e. The zero-order chi connectivity index (χ0) is 11.4. The molecular formula is C14H22N2. The summed E-state index contributed by atoms with van der Waals surface area (Å²) < 4.78 is 0. The van der Waals surface area contributed by atoms with E-state index >= 15 is 0 Å². The Morgan fingerprint density at radius 3 is 2.50 bits per heavy atom. The van der Waals surface area contributed by atoms with Gasteiger partial charge >= 0.3 is 0 Å². The molecule has 1 saturated heterocycles. The van der Waals surface area contributed by atoms with Crippen molar-refractivity contribution in [2.24, 2.45) is 0 Å². The standard InChI is InChI=1S/C14H22N2/c1-3-12-4-6-13(7-5-12)11-16(2)14-8-9-15-10-14/h4-7,14-15H,3,8-11H2,1-2H3. The van der Waals surface area contributed by atoms with Gasteiger partial charge in [-0.05, 0) is 37.6 Å². The fraction of sp³-hybridized carbons (Fsp3) is 0.571. The SMILES string of the molecule is CCc1ccc(CN(C)C2CCNC2)cc1. The lowest BCUT2D eigenvalue weighted by Gasteiger charge is -2.23. The Hall–Kier alpha value is -0.860. The van der Waals surface area contributed by atoms with Crippen molar-refractivity contribution in [3.8, 4) is 0 Å². The lowest BCUT2D eigenvalue weighted by atomic mass is 10.1. The van der Waals surface area contributed by atoms with E-state index in [1.807, 2.05) is 0 Å². The predicted molar refractivity (Wildman–Crippen MR) is 68.6 cm³/mol. The molecule has 0 saturated carbocycles. The first kappa shape index (κ1) is 11.6. The van der Waals surface area contributed by atoms with Crippen LogP contribution in [0.1, 0.15) is 24.5 Å². The van der Waals surface area contributed by atoms with Gasteiger partial charge in [0.2, 0.25) is 0 Å². The summed E-state index contributed by atoms with van der Waals surface area (Å²) in [6.45, 7) is 5.58. The maximum Gasteiger partial charge on any atom is 0.0234 e. The first-order valence-electron chi connectivity index (χ1n) is 6.28. The molecule has 0 aliphatic carbocycles. The van der Waals surface area contributed by atoms with Gasteiger partial charge in [0.05, 0.1) is 0 Å². The van der Waals surface area contributed by atoms with Gasteiger partial charge in [0.15, 0.2) is 0 Å². The molecule has 0 aromatic heterocycles. The van der Waals surface area contributed by atoms with E-state index in [0.29, 0.717) is 6.04 Å². The molecule has 1 aromatic rings. The van der Waals surface area contributed by atoms with Gasteiger partial charge in [0, 0.05) is 19.1 Å². The molecule has 88 valence electrons. The maximum absolute atomic E-state index is 3.42. The molecule has 1 atom stereocenters. The topological polar surface area (TPSA) is 15.3 Å². The quantitative estimate of drug-likeness (QED) is 0.832. The van der Waals surface area contributed by atoms with Gasteiger partial charge in [-0.2, -0.15) is 0 Å². The zero-order valence-electron chi connectivity index (χ0n) is 10.4. The number of nitrogens with zero attached hydrogens (tertiary/aromatic N) is 1. The normalized spacial score (nSPS) is 20.6. The summed E-state index contributed by atoms with van der Waals surface area (Å²) >= 11 is 0. The minimum atomic E-state index is 0.714. The number of aryl methyl sites for hydroxylation is 1. The number of nitrogens with one attached hydrogen (secondary N) is 1. The first-order chi connectivity index (χ1) is 7.79. The summed E-state index contributed by atoms with van der Waals surface area (Å²) in [6.07, 6.45) is 2.41. The monoisotopic (exact) mass is 218 g/mol. The first-order valence-corrected chi connectivity index (χ1v) is 6.28. The van der Waals surface area contributed by atoms with E-state index in [9.17, 15) is 0 Å². The Morgan fingerprint density at radius 2 is 1.94 bits per heavy atom. The van der Waals surface area contributed by atoms with Crippen LogP contribution in [-0.4, -0.2) is 31.1 Å². The van der Waals surface area contributed by atoms with Crippen molar-refractivity contribution in [3.05, 3.63) is 35.4 Å². The number of rotatable bonds is 4. The van der Waals surface area contributed by atoms with E-state index in [0.717, 1.165) is 19.5 Å². The van der Waals surface area contributed by atoms with Crippen LogP contribution < -0.4 is 5.32 Å². The Balaban J connectivity index is 1.92. The molecule has 1 fully saturated rings. The Bertz CT molecular complexity index is 312. The van der Waals surface area contributed by atoms with Crippen LogP contribution in [0.5, 0.6) is 0 Å². The van der Waals surface area contributed by atoms with E-state index < -0.39 is 0 Å². The van der Waals surface area contributed by atoms with Crippen molar-refractivity contribution in [2.45, 2.75) is 32.4 Å². The van der Waals surface area contributed by atoms with Crippen molar-refractivity contribution in [1.29, 1.82) is 0 Å². The van der Waals surface area contributed by atoms with Gasteiger partial charge in [-0.25, -0.2) is 0 Å². The molecule has 0 amide bonds. The number of likely N-dealkylation sites (N-methyl/N-ethyl adjacent to an activating group) is 1. The molecule has 0 radical (unpaired) electrons. The highest BCUT2D eigenvalue weighted by Gasteiger charge is 2.18. The van der Waals surface area contributed by atoms with Crippen molar-refractivity contribution in [3.63, 3.8) is 0 Å². The highest BCUT2D eigenvalue weighted by atomic mass is 15.2. The van der Waals surface area contributed by atoms with Gasteiger partial charge in [-0.15, -0.1) is 0 Å². The molecule has 2 heteroatoms. The van der Waals surface area contributed by atoms with Crippen LogP contribution in [0.3, 0.4) is 0 Å². The van der Waals surface area contributed by atoms with Crippen molar-refractivity contribution in [2.75, 3.05) is 20.1 Å². The van der Waals surface area contributed by atoms with Crippen LogP contribution in [0.15, 0.2) is 24.3 Å². The molecular weight excluding hydrogens is 196 g/mol. The molecule has 2 nitrogen and oxygen atoms in total. The summed E-state index contributed by atoms with van der Waals surface area (Å²) in [5.41, 5.74) is 2.85. The second kappa shape index (κ2) is 5.46. The summed E-state index contributed by atoms with van der Waals surface area (Å²) in [7, 11) is 2.23. The smallest absolute Gasteiger partial charge is 0.0234 e. The highest BCUT2D eigenvalue weighted by Crippen LogP contribution is 2.12. The summed E-state index contributed by atoms with van der Waals surface area (Å²) in [5, 5.41) is 3.42. The van der Waals surface area contributed by atoms with Crippen molar-refractivity contribution in [1.82, 2.24) is 10.2 Å². The molecule has 0 bridgehead atoms. The number of hydrogen-bond acceptors (Lipinski definition) is 2. The highest BCUT2D eigenvalue weighted by molar-refractivity contribution is 5.22. The van der Waals surface area contributed by atoms with Crippen LogP contribution in [0.4, 0.5) is 0 Å². The third kappa shape index (κ3) is 2.83. The fourth-order valence-corrected chi connectivity index (χ4v) is 2.31. The average Bonchev–Trinajstić information content (AvgIpc) is 2.83. The molecule has 1 N–H and O–H groups in total. The minimum absolute atomic E-state index is 0.714. The lowest BCUT2D eigenvalue weighted by Crippen LogP contribution is -2.32. The second-order valence-corrected chi connectivity index (χ2v) is 4.73. The summed E-state index contributed by atoms with van der Waals surface area (Å²) in [6, 6.07) is 9.73. The Kier molecular flexibility index (Phi) is 3.97. The predicted octanol–water partition coefficient (Wildman–Crippen LogP) is 2.04. The molecule has 1 heterocycles. The van der Waals surface area contributed by atoms with Crippen LogP contribution >= 0.6 is 0 Å². The largest absolute Gasteiger partial charge is 0.315 e. The van der Waals surface area contributed by atoms with Gasteiger partial charge < -0.3 is 5.32 Å². The summed E-state index contributed by atoms with van der Waals surface area (Å²) in [4.78, 5) is 2.46. The lowest BCUT2D eigenvalue weighted by molar-refractivity contribution is 0.249. The van der Waals surface area contributed by atoms with Crippen LogP contribution in [0.25, 0.3) is 0 Å². The van der Waals surface area contributed by atoms with Gasteiger partial charge in [0.1, 0.15) is 0 Å². The van der Waals surface area contributed by atoms with Crippen molar-refractivity contribution < 1.29 is 0 Å². The van der Waals surface area contributed by atoms with Crippen LogP contribution in [0.2, 0.25) is 0 Å². The average molecular weight is 218 g/mol. The molecule has 1 aliphatic rings. The molecule has 1 aliphatic heterocycles. The molecule has 0 spiro atoms. The molecule has 16 heavy (non-hydrogen) atoms.